The first-order chi connectivity index (χ1) is 14.5. The van der Waals surface area contributed by atoms with Crippen molar-refractivity contribution in [1.29, 1.82) is 0 Å². The molecule has 3 heterocycles. The van der Waals surface area contributed by atoms with Gasteiger partial charge < -0.3 is 10.2 Å². The van der Waals surface area contributed by atoms with E-state index in [1.54, 1.807) is 23.0 Å². The van der Waals surface area contributed by atoms with Gasteiger partial charge in [-0.15, -0.1) is 0 Å². The van der Waals surface area contributed by atoms with E-state index >= 15 is 0 Å². The summed E-state index contributed by atoms with van der Waals surface area (Å²) in [6.07, 6.45) is 6.60. The molecule has 7 nitrogen and oxygen atoms in total. The van der Waals surface area contributed by atoms with Crippen molar-refractivity contribution in [3.63, 3.8) is 0 Å². The van der Waals surface area contributed by atoms with Gasteiger partial charge in [0.1, 0.15) is 11.5 Å². The van der Waals surface area contributed by atoms with E-state index in [1.807, 2.05) is 47.8 Å². The van der Waals surface area contributed by atoms with Crippen LogP contribution in [0.1, 0.15) is 11.3 Å². The molecule has 30 heavy (non-hydrogen) atoms. The molecule has 0 saturated heterocycles. The fraction of sp³-hybridized carbons (Fsp3) is 0.136. The number of nitrogens with zero attached hydrogens (tertiary/aromatic N) is 5. The molecule has 1 amide bonds. The highest BCUT2D eigenvalue weighted by atomic mass is 35.5. The molecule has 0 unspecified atom stereocenters. The second-order valence-corrected chi connectivity index (χ2v) is 7.33. The molecule has 4 rings (SSSR count). The van der Waals surface area contributed by atoms with Crippen LogP contribution in [0.25, 0.3) is 11.7 Å². The maximum atomic E-state index is 12.5. The minimum absolute atomic E-state index is 0.276. The summed E-state index contributed by atoms with van der Waals surface area (Å²) in [6.45, 7) is 0.555. The topological polar surface area (TPSA) is 67.5 Å². The molecule has 152 valence electrons. The summed E-state index contributed by atoms with van der Waals surface area (Å²) in [4.78, 5) is 18.8. The molecule has 3 aromatic heterocycles. The zero-order valence-electron chi connectivity index (χ0n) is 16.7. The second-order valence-electron chi connectivity index (χ2n) is 6.97. The van der Waals surface area contributed by atoms with E-state index in [2.05, 4.69) is 39.7 Å². The zero-order valence-corrected chi connectivity index (χ0v) is 17.4. The molecule has 0 fully saturated rings. The van der Waals surface area contributed by atoms with Crippen LogP contribution in [0.2, 0.25) is 5.15 Å². The summed E-state index contributed by atoms with van der Waals surface area (Å²) in [5.74, 6) is 0.340. The summed E-state index contributed by atoms with van der Waals surface area (Å²) in [5.41, 5.74) is 3.59. The molecule has 1 aromatic carbocycles. The fourth-order valence-electron chi connectivity index (χ4n) is 3.09. The summed E-state index contributed by atoms with van der Waals surface area (Å²) in [5, 5.41) is 7.53. The van der Waals surface area contributed by atoms with Crippen LogP contribution >= 0.6 is 11.6 Å². The number of carbonyl (C=O) groups is 1. The van der Waals surface area contributed by atoms with E-state index in [1.165, 1.54) is 6.08 Å². The Labute approximate surface area is 179 Å². The summed E-state index contributed by atoms with van der Waals surface area (Å²) >= 11 is 6.21. The van der Waals surface area contributed by atoms with Gasteiger partial charge in [0, 0.05) is 38.1 Å². The van der Waals surface area contributed by atoms with Crippen molar-refractivity contribution in [2.24, 2.45) is 0 Å². The Morgan fingerprint density at radius 1 is 1.17 bits per heavy atom. The number of hydrogen-bond acceptors (Lipinski definition) is 4. The van der Waals surface area contributed by atoms with E-state index in [0.29, 0.717) is 23.2 Å². The maximum Gasteiger partial charge on any atom is 0.249 e. The smallest absolute Gasteiger partial charge is 0.249 e. The highest BCUT2D eigenvalue weighted by Crippen LogP contribution is 2.19. The molecule has 8 heteroatoms. The third kappa shape index (κ3) is 4.21. The van der Waals surface area contributed by atoms with Crippen molar-refractivity contribution < 1.29 is 4.79 Å². The van der Waals surface area contributed by atoms with Gasteiger partial charge in [-0.05, 0) is 35.9 Å². The number of imidazole rings is 1. The lowest BCUT2D eigenvalue weighted by Crippen LogP contribution is -2.14. The number of fused-ring (bicyclic) bond motifs is 1. The third-order valence-electron chi connectivity index (χ3n) is 4.67. The largest absolute Gasteiger partial charge is 0.378 e. The van der Waals surface area contributed by atoms with Gasteiger partial charge in [-0.1, -0.05) is 29.8 Å². The van der Waals surface area contributed by atoms with Crippen LogP contribution < -0.4 is 10.2 Å². The molecule has 0 spiro atoms. The lowest BCUT2D eigenvalue weighted by Gasteiger charge is -2.13. The SMILES string of the molecule is CN(C)c1ccc(Cn2nccc2NC(=O)C=Cc2c(Cl)nc3ccccn23)cc1. The van der Waals surface area contributed by atoms with Gasteiger partial charge in [-0.3, -0.25) is 9.20 Å². The number of pyridine rings is 1. The Morgan fingerprint density at radius 3 is 2.73 bits per heavy atom. The lowest BCUT2D eigenvalue weighted by molar-refractivity contribution is -0.111. The van der Waals surface area contributed by atoms with Crippen molar-refractivity contribution in [2.45, 2.75) is 6.54 Å². The summed E-state index contributed by atoms with van der Waals surface area (Å²) in [7, 11) is 4.01. The maximum absolute atomic E-state index is 12.5. The van der Waals surface area contributed by atoms with Gasteiger partial charge in [0.15, 0.2) is 5.15 Å². The quantitative estimate of drug-likeness (QED) is 0.479. The van der Waals surface area contributed by atoms with E-state index in [4.69, 9.17) is 11.6 Å². The Bertz CT molecular complexity index is 1210. The molecular weight excluding hydrogens is 400 g/mol. The first-order valence-electron chi connectivity index (χ1n) is 9.41. The molecule has 0 atom stereocenters. The number of amides is 1. The van der Waals surface area contributed by atoms with Crippen molar-refractivity contribution in [2.75, 3.05) is 24.3 Å². The first-order valence-corrected chi connectivity index (χ1v) is 9.79. The minimum atomic E-state index is -0.276. The Balaban J connectivity index is 1.46. The third-order valence-corrected chi connectivity index (χ3v) is 4.95. The minimum Gasteiger partial charge on any atom is -0.378 e. The normalized spacial score (nSPS) is 11.3. The van der Waals surface area contributed by atoms with E-state index in [0.717, 1.165) is 16.9 Å². The molecular formula is C22H21ClN6O. The number of hydrogen-bond donors (Lipinski definition) is 1. The molecule has 0 bridgehead atoms. The van der Waals surface area contributed by atoms with Crippen LogP contribution in [0, 0.1) is 0 Å². The Kier molecular flexibility index (Phi) is 5.54. The highest BCUT2D eigenvalue weighted by molar-refractivity contribution is 6.31. The Morgan fingerprint density at radius 2 is 1.97 bits per heavy atom. The molecule has 1 N–H and O–H groups in total. The van der Waals surface area contributed by atoms with Gasteiger partial charge in [0.25, 0.3) is 0 Å². The standard InChI is InChI=1S/C22H21ClN6O/c1-27(2)17-8-6-16(7-9-17)15-29-20(12-13-24-29)25-21(30)11-10-18-22(23)26-19-5-3-4-14-28(18)19/h3-14H,15H2,1-2H3,(H,25,30). The average molecular weight is 421 g/mol. The zero-order chi connectivity index (χ0) is 21.1. The number of aromatic nitrogens is 4. The van der Waals surface area contributed by atoms with Crippen LogP contribution in [0.4, 0.5) is 11.5 Å². The number of anilines is 2. The molecule has 0 aliphatic rings. The monoisotopic (exact) mass is 420 g/mol. The van der Waals surface area contributed by atoms with Gasteiger partial charge >= 0.3 is 0 Å². The first kappa shape index (κ1) is 19.7. The van der Waals surface area contributed by atoms with E-state index < -0.39 is 0 Å². The molecule has 0 aliphatic heterocycles. The summed E-state index contributed by atoms with van der Waals surface area (Å²) in [6, 6.07) is 15.6. The summed E-state index contributed by atoms with van der Waals surface area (Å²) < 4.78 is 3.57. The van der Waals surface area contributed by atoms with Gasteiger partial charge in [0.2, 0.25) is 5.91 Å². The molecule has 0 radical (unpaired) electrons. The number of benzene rings is 1. The average Bonchev–Trinajstić information content (AvgIpc) is 3.29. The van der Waals surface area contributed by atoms with Crippen molar-refractivity contribution >= 4 is 40.7 Å². The molecule has 4 aromatic rings. The van der Waals surface area contributed by atoms with Gasteiger partial charge in [0.05, 0.1) is 18.4 Å². The fourth-order valence-corrected chi connectivity index (χ4v) is 3.34. The van der Waals surface area contributed by atoms with Crippen molar-refractivity contribution in [3.8, 4) is 0 Å². The van der Waals surface area contributed by atoms with Crippen molar-refractivity contribution in [3.05, 3.63) is 83.4 Å². The predicted octanol–water partition coefficient (Wildman–Crippen LogP) is 3.95. The van der Waals surface area contributed by atoms with Crippen LogP contribution in [0.15, 0.2) is 67.0 Å². The highest BCUT2D eigenvalue weighted by Gasteiger charge is 2.09. The van der Waals surface area contributed by atoms with Crippen LogP contribution in [0.5, 0.6) is 0 Å². The van der Waals surface area contributed by atoms with Crippen molar-refractivity contribution in [1.82, 2.24) is 19.2 Å². The van der Waals surface area contributed by atoms with Gasteiger partial charge in [-0.2, -0.15) is 5.10 Å². The van der Waals surface area contributed by atoms with Crippen LogP contribution in [0.3, 0.4) is 0 Å². The van der Waals surface area contributed by atoms with Crippen LogP contribution in [-0.4, -0.2) is 39.2 Å². The van der Waals surface area contributed by atoms with Gasteiger partial charge in [-0.25, -0.2) is 9.67 Å². The number of nitrogens with one attached hydrogen (secondary N) is 1. The molecule has 0 aliphatic carbocycles. The number of rotatable bonds is 6. The molecule has 0 saturated carbocycles. The number of carbonyl (C=O) groups excluding carboxylic acids is 1. The number of halogens is 1. The van der Waals surface area contributed by atoms with Crippen LogP contribution in [-0.2, 0) is 11.3 Å². The van der Waals surface area contributed by atoms with E-state index in [9.17, 15) is 4.79 Å². The second kappa shape index (κ2) is 8.42. The predicted molar refractivity (Wildman–Crippen MR) is 120 cm³/mol. The lowest BCUT2D eigenvalue weighted by atomic mass is 10.2. The Hall–Kier alpha value is -3.58. The van der Waals surface area contributed by atoms with E-state index in [-0.39, 0.29) is 5.91 Å².